The lowest BCUT2D eigenvalue weighted by Crippen LogP contribution is -2.15. The quantitative estimate of drug-likeness (QED) is 0.766. The van der Waals surface area contributed by atoms with Gasteiger partial charge in [0.15, 0.2) is 5.65 Å². The maximum atomic E-state index is 13.1. The number of aromatic nitrogens is 2. The molecule has 0 bridgehead atoms. The standard InChI is InChI=1S/C20H22N2O3S/c1-13-3-7-19(8-4-13)26(24,25)22-14(2)9-16-10-17(12-21-20(16)22)15-5-6-18(23)11-15/h3-4,7-10,12,15,18,23H,5-6,11H2,1-2H3. The van der Waals surface area contributed by atoms with Crippen molar-refractivity contribution in [3.63, 3.8) is 0 Å². The first kappa shape index (κ1) is 17.2. The summed E-state index contributed by atoms with van der Waals surface area (Å²) in [6, 6.07) is 10.7. The number of hydrogen-bond donors (Lipinski definition) is 1. The second-order valence-electron chi connectivity index (χ2n) is 7.21. The molecule has 136 valence electrons. The van der Waals surface area contributed by atoms with Crippen LogP contribution in [0, 0.1) is 13.8 Å². The zero-order valence-electron chi connectivity index (χ0n) is 14.9. The molecule has 5 nitrogen and oxygen atoms in total. The van der Waals surface area contributed by atoms with E-state index in [9.17, 15) is 13.5 Å². The average molecular weight is 370 g/mol. The summed E-state index contributed by atoms with van der Waals surface area (Å²) in [7, 11) is -3.70. The highest BCUT2D eigenvalue weighted by Crippen LogP contribution is 2.35. The van der Waals surface area contributed by atoms with Gasteiger partial charge in [-0.1, -0.05) is 17.7 Å². The summed E-state index contributed by atoms with van der Waals surface area (Å²) in [5.74, 6) is 0.291. The SMILES string of the molecule is Cc1ccc(S(=O)(=O)n2c(C)cc3cc(C4CCC(O)C4)cnc32)cc1. The number of aliphatic hydroxyl groups excluding tert-OH is 1. The molecule has 1 N–H and O–H groups in total. The minimum atomic E-state index is -3.70. The zero-order chi connectivity index (χ0) is 18.5. The number of aliphatic hydroxyl groups is 1. The zero-order valence-corrected chi connectivity index (χ0v) is 15.7. The summed E-state index contributed by atoms with van der Waals surface area (Å²) in [6.07, 6.45) is 4.00. The summed E-state index contributed by atoms with van der Waals surface area (Å²) < 4.78 is 27.5. The van der Waals surface area contributed by atoms with E-state index in [-0.39, 0.29) is 11.0 Å². The van der Waals surface area contributed by atoms with E-state index < -0.39 is 10.0 Å². The minimum Gasteiger partial charge on any atom is -0.393 e. The van der Waals surface area contributed by atoms with Crippen LogP contribution in [-0.2, 0) is 10.0 Å². The van der Waals surface area contributed by atoms with Crippen LogP contribution in [0.25, 0.3) is 11.0 Å². The van der Waals surface area contributed by atoms with Crippen molar-refractivity contribution in [1.29, 1.82) is 0 Å². The Morgan fingerprint density at radius 2 is 1.85 bits per heavy atom. The molecule has 1 aromatic carbocycles. The molecule has 1 aliphatic rings. The number of hydrogen-bond acceptors (Lipinski definition) is 4. The molecule has 26 heavy (non-hydrogen) atoms. The fourth-order valence-corrected chi connectivity index (χ4v) is 5.32. The normalized spacial score (nSPS) is 20.7. The van der Waals surface area contributed by atoms with Crippen molar-refractivity contribution >= 4 is 21.1 Å². The van der Waals surface area contributed by atoms with Gasteiger partial charge in [-0.05, 0) is 68.9 Å². The van der Waals surface area contributed by atoms with Crippen molar-refractivity contribution in [2.75, 3.05) is 0 Å². The number of nitrogens with zero attached hydrogens (tertiary/aromatic N) is 2. The van der Waals surface area contributed by atoms with Gasteiger partial charge in [-0.25, -0.2) is 17.4 Å². The van der Waals surface area contributed by atoms with E-state index in [1.807, 2.05) is 19.1 Å². The summed E-state index contributed by atoms with van der Waals surface area (Å²) in [6.45, 7) is 3.71. The Balaban J connectivity index is 1.81. The maximum Gasteiger partial charge on any atom is 0.269 e. The molecule has 4 rings (SSSR count). The van der Waals surface area contributed by atoms with Crippen LogP contribution in [0.5, 0.6) is 0 Å². The van der Waals surface area contributed by atoms with E-state index >= 15 is 0 Å². The van der Waals surface area contributed by atoms with Gasteiger partial charge < -0.3 is 5.11 Å². The highest BCUT2D eigenvalue weighted by atomic mass is 32.2. The van der Waals surface area contributed by atoms with Crippen molar-refractivity contribution < 1.29 is 13.5 Å². The molecule has 0 saturated heterocycles. The monoisotopic (exact) mass is 370 g/mol. The highest BCUT2D eigenvalue weighted by Gasteiger charge is 2.26. The highest BCUT2D eigenvalue weighted by molar-refractivity contribution is 7.90. The smallest absolute Gasteiger partial charge is 0.269 e. The summed E-state index contributed by atoms with van der Waals surface area (Å²) in [5, 5.41) is 10.6. The van der Waals surface area contributed by atoms with Crippen molar-refractivity contribution in [3.05, 3.63) is 59.4 Å². The molecule has 2 heterocycles. The Kier molecular flexibility index (Phi) is 4.12. The maximum absolute atomic E-state index is 13.1. The van der Waals surface area contributed by atoms with Gasteiger partial charge in [0.05, 0.1) is 11.0 Å². The fourth-order valence-electron chi connectivity index (χ4n) is 3.82. The molecule has 0 amide bonds. The minimum absolute atomic E-state index is 0.246. The van der Waals surface area contributed by atoms with Crippen LogP contribution in [0.1, 0.15) is 42.0 Å². The fraction of sp³-hybridized carbons (Fsp3) is 0.350. The Labute approximate surface area is 153 Å². The van der Waals surface area contributed by atoms with Gasteiger partial charge in [-0.2, -0.15) is 0 Å². The summed E-state index contributed by atoms with van der Waals surface area (Å²) >= 11 is 0. The largest absolute Gasteiger partial charge is 0.393 e. The van der Waals surface area contributed by atoms with E-state index in [1.165, 1.54) is 3.97 Å². The average Bonchev–Trinajstić information content (AvgIpc) is 3.17. The van der Waals surface area contributed by atoms with Crippen molar-refractivity contribution in [1.82, 2.24) is 8.96 Å². The van der Waals surface area contributed by atoms with Crippen LogP contribution in [0.3, 0.4) is 0 Å². The molecule has 0 spiro atoms. The lowest BCUT2D eigenvalue weighted by molar-refractivity contribution is 0.181. The van der Waals surface area contributed by atoms with Crippen molar-refractivity contribution in [3.8, 4) is 0 Å². The Hall–Kier alpha value is -2.18. The molecule has 2 aromatic heterocycles. The van der Waals surface area contributed by atoms with Crippen LogP contribution in [0.15, 0.2) is 47.5 Å². The molecule has 2 atom stereocenters. The van der Waals surface area contributed by atoms with Crippen molar-refractivity contribution in [2.45, 2.75) is 50.0 Å². The van der Waals surface area contributed by atoms with Gasteiger partial charge in [0.1, 0.15) is 0 Å². The lowest BCUT2D eigenvalue weighted by Gasteiger charge is -2.11. The first-order valence-electron chi connectivity index (χ1n) is 8.84. The summed E-state index contributed by atoms with van der Waals surface area (Å²) in [5.41, 5.74) is 3.17. The van der Waals surface area contributed by atoms with Gasteiger partial charge in [-0.15, -0.1) is 0 Å². The van der Waals surface area contributed by atoms with Crippen LogP contribution in [0.2, 0.25) is 0 Å². The van der Waals surface area contributed by atoms with Gasteiger partial charge in [0.25, 0.3) is 10.0 Å². The van der Waals surface area contributed by atoms with E-state index in [0.29, 0.717) is 17.3 Å². The topological polar surface area (TPSA) is 72.2 Å². The summed E-state index contributed by atoms with van der Waals surface area (Å²) in [4.78, 5) is 4.74. The molecule has 1 saturated carbocycles. The van der Waals surface area contributed by atoms with Gasteiger partial charge >= 0.3 is 0 Å². The number of benzene rings is 1. The predicted octanol–water partition coefficient (Wildman–Crippen LogP) is 3.52. The number of pyridine rings is 1. The Bertz CT molecular complexity index is 1070. The second kappa shape index (κ2) is 6.21. The van der Waals surface area contributed by atoms with Crippen LogP contribution < -0.4 is 0 Å². The lowest BCUT2D eigenvalue weighted by atomic mass is 9.99. The molecule has 1 aliphatic carbocycles. The first-order valence-corrected chi connectivity index (χ1v) is 10.3. The van der Waals surface area contributed by atoms with E-state index in [4.69, 9.17) is 0 Å². The van der Waals surface area contributed by atoms with Crippen LogP contribution in [0.4, 0.5) is 0 Å². The second-order valence-corrected chi connectivity index (χ2v) is 9.00. The third kappa shape index (κ3) is 2.83. The predicted molar refractivity (Wildman–Crippen MR) is 101 cm³/mol. The molecule has 2 unspecified atom stereocenters. The number of rotatable bonds is 3. The molecular formula is C20H22N2O3S. The molecule has 0 aliphatic heterocycles. The first-order chi connectivity index (χ1) is 12.4. The van der Waals surface area contributed by atoms with Crippen molar-refractivity contribution in [2.24, 2.45) is 0 Å². The molecule has 3 aromatic rings. The Morgan fingerprint density at radius 1 is 1.12 bits per heavy atom. The third-order valence-electron chi connectivity index (χ3n) is 5.23. The van der Waals surface area contributed by atoms with Crippen LogP contribution >= 0.6 is 0 Å². The number of aryl methyl sites for hydroxylation is 2. The molecule has 6 heteroatoms. The van der Waals surface area contributed by atoms with E-state index in [1.54, 1.807) is 37.4 Å². The molecule has 1 fully saturated rings. The van der Waals surface area contributed by atoms with Crippen LogP contribution in [-0.4, -0.2) is 28.6 Å². The van der Waals surface area contributed by atoms with E-state index in [2.05, 4.69) is 4.98 Å². The van der Waals surface area contributed by atoms with E-state index in [0.717, 1.165) is 35.8 Å². The Morgan fingerprint density at radius 3 is 2.50 bits per heavy atom. The van der Waals surface area contributed by atoms with Gasteiger partial charge in [0.2, 0.25) is 0 Å². The van der Waals surface area contributed by atoms with Gasteiger partial charge in [-0.3, -0.25) is 0 Å². The molecule has 0 radical (unpaired) electrons. The number of fused-ring (bicyclic) bond motifs is 1. The van der Waals surface area contributed by atoms with Gasteiger partial charge in [0, 0.05) is 17.3 Å². The molecular weight excluding hydrogens is 348 g/mol. The third-order valence-corrected chi connectivity index (χ3v) is 7.04.